The van der Waals surface area contributed by atoms with Crippen molar-refractivity contribution in [3.63, 3.8) is 0 Å². The number of carbonyl (C=O) groups is 2. The van der Waals surface area contributed by atoms with Gasteiger partial charge in [0.15, 0.2) is 12.4 Å². The molecule has 0 aromatic heterocycles. The average Bonchev–Trinajstić information content (AvgIpc) is 2.87. The van der Waals surface area contributed by atoms with Crippen LogP contribution in [0.1, 0.15) is 97.3 Å². The van der Waals surface area contributed by atoms with E-state index in [1.165, 1.54) is 25.7 Å². The Kier molecular flexibility index (Phi) is 18.0. The fourth-order valence-corrected chi connectivity index (χ4v) is 4.83. The van der Waals surface area contributed by atoms with E-state index in [-0.39, 0.29) is 19.4 Å². The van der Waals surface area contributed by atoms with Gasteiger partial charge in [-0.15, -0.1) is 0 Å². The van der Waals surface area contributed by atoms with Crippen LogP contribution in [0.5, 0.6) is 0 Å². The lowest BCUT2D eigenvalue weighted by molar-refractivity contribution is -0.297. The van der Waals surface area contributed by atoms with Gasteiger partial charge in [0.25, 0.3) is 10.1 Å². The van der Waals surface area contributed by atoms with Crippen molar-refractivity contribution in [1.29, 1.82) is 0 Å². The Labute approximate surface area is 232 Å². The lowest BCUT2D eigenvalue weighted by Crippen LogP contribution is -2.60. The van der Waals surface area contributed by atoms with Crippen LogP contribution in [0.3, 0.4) is 0 Å². The van der Waals surface area contributed by atoms with Gasteiger partial charge in [-0.2, -0.15) is 8.42 Å². The van der Waals surface area contributed by atoms with E-state index in [0.717, 1.165) is 32.1 Å². The third-order valence-corrected chi connectivity index (χ3v) is 7.19. The van der Waals surface area contributed by atoms with Crippen LogP contribution in [0.4, 0.5) is 0 Å². The van der Waals surface area contributed by atoms with E-state index >= 15 is 0 Å². The summed E-state index contributed by atoms with van der Waals surface area (Å²) in [6.45, 7) is 3.44. The second-order valence-electron chi connectivity index (χ2n) is 10.1. The van der Waals surface area contributed by atoms with Crippen LogP contribution < -0.4 is 0 Å². The Morgan fingerprint density at radius 2 is 1.31 bits per heavy atom. The maximum atomic E-state index is 12.3. The third-order valence-electron chi connectivity index (χ3n) is 6.44. The summed E-state index contributed by atoms with van der Waals surface area (Å²) >= 11 is 0. The summed E-state index contributed by atoms with van der Waals surface area (Å²) in [6, 6.07) is 0. The molecular formula is C26H48O12S. The molecule has 1 fully saturated rings. The van der Waals surface area contributed by atoms with Gasteiger partial charge < -0.3 is 34.3 Å². The molecule has 1 aliphatic rings. The molecule has 0 radical (unpaired) electrons. The maximum absolute atomic E-state index is 12.3. The van der Waals surface area contributed by atoms with E-state index in [0.29, 0.717) is 12.8 Å². The Bertz CT molecular complexity index is 790. The van der Waals surface area contributed by atoms with Gasteiger partial charge in [-0.25, -0.2) is 0 Å². The number of ether oxygens (including phenoxy) is 4. The molecule has 1 heterocycles. The van der Waals surface area contributed by atoms with Crippen LogP contribution in [-0.4, -0.2) is 96.0 Å². The normalized spacial score (nSPS) is 24.3. The number of rotatable bonds is 21. The van der Waals surface area contributed by atoms with Crippen molar-refractivity contribution >= 4 is 22.1 Å². The summed E-state index contributed by atoms with van der Waals surface area (Å²) in [4.78, 5) is 24.5. The third kappa shape index (κ3) is 15.9. The van der Waals surface area contributed by atoms with Gasteiger partial charge in [0.05, 0.1) is 6.61 Å². The lowest BCUT2D eigenvalue weighted by Gasteiger charge is -2.40. The number of hydrogen-bond donors (Lipinski definition) is 4. The molecule has 0 amide bonds. The molecule has 39 heavy (non-hydrogen) atoms. The van der Waals surface area contributed by atoms with E-state index < -0.39 is 71.2 Å². The Balaban J connectivity index is 2.62. The van der Waals surface area contributed by atoms with E-state index in [1.54, 1.807) is 0 Å². The topological polar surface area (TPSA) is 186 Å². The molecule has 12 nitrogen and oxygen atoms in total. The first kappa shape index (κ1) is 35.7. The van der Waals surface area contributed by atoms with Gasteiger partial charge in [-0.1, -0.05) is 71.6 Å². The fraction of sp³-hybridized carbons (Fsp3) is 0.923. The van der Waals surface area contributed by atoms with Crippen molar-refractivity contribution in [2.75, 3.05) is 19.0 Å². The van der Waals surface area contributed by atoms with Crippen LogP contribution in [0.2, 0.25) is 0 Å². The van der Waals surface area contributed by atoms with Crippen molar-refractivity contribution in [3.8, 4) is 0 Å². The number of unbranched alkanes of at least 4 members (excludes halogenated alkanes) is 9. The van der Waals surface area contributed by atoms with Crippen molar-refractivity contribution in [3.05, 3.63) is 0 Å². The molecule has 0 aromatic carbocycles. The van der Waals surface area contributed by atoms with E-state index in [4.69, 9.17) is 23.5 Å². The standard InChI is InChI=1S/C26H48O12S/c1-3-5-7-8-9-10-11-13-14-21(27)35-16-19(37-22(28)15-12-6-4-2)17-36-26-25(31)24(30)23(29)20(38-26)18-39(32,33)34/h19-20,23-26,29-31H,3-18H2,1-2H3,(H,32,33,34)/t19-,20-,23-,24+,25-,26-/m1/s1. The fourth-order valence-electron chi connectivity index (χ4n) is 4.14. The zero-order chi connectivity index (χ0) is 29.3. The highest BCUT2D eigenvalue weighted by molar-refractivity contribution is 7.85. The van der Waals surface area contributed by atoms with E-state index in [1.807, 2.05) is 6.92 Å². The number of esters is 2. The number of hydrogen-bond acceptors (Lipinski definition) is 11. The number of carbonyl (C=O) groups excluding carboxylic acids is 2. The molecule has 1 saturated heterocycles. The first-order valence-corrected chi connectivity index (χ1v) is 15.7. The molecule has 0 aromatic rings. The summed E-state index contributed by atoms with van der Waals surface area (Å²) in [5, 5.41) is 30.3. The second-order valence-corrected chi connectivity index (χ2v) is 11.6. The quantitative estimate of drug-likeness (QED) is 0.0877. The van der Waals surface area contributed by atoms with Crippen molar-refractivity contribution < 1.29 is 56.8 Å². The van der Waals surface area contributed by atoms with Gasteiger partial charge >= 0.3 is 11.9 Å². The predicted molar refractivity (Wildman–Crippen MR) is 141 cm³/mol. The molecule has 6 atom stereocenters. The molecule has 0 bridgehead atoms. The first-order valence-electron chi connectivity index (χ1n) is 14.1. The minimum atomic E-state index is -4.57. The van der Waals surface area contributed by atoms with Crippen LogP contribution in [0.15, 0.2) is 0 Å². The zero-order valence-corrected chi connectivity index (χ0v) is 24.1. The van der Waals surface area contributed by atoms with Crippen LogP contribution in [0.25, 0.3) is 0 Å². The summed E-state index contributed by atoms with van der Waals surface area (Å²) in [5.74, 6) is -2.01. The highest BCUT2D eigenvalue weighted by atomic mass is 32.2. The number of aliphatic hydroxyl groups excluding tert-OH is 3. The summed E-state index contributed by atoms with van der Waals surface area (Å²) in [6.07, 6.45) is 1.73. The Morgan fingerprint density at radius 1 is 0.769 bits per heavy atom. The molecular weight excluding hydrogens is 536 g/mol. The van der Waals surface area contributed by atoms with E-state index in [2.05, 4.69) is 6.92 Å². The van der Waals surface area contributed by atoms with Crippen molar-refractivity contribution in [1.82, 2.24) is 0 Å². The van der Waals surface area contributed by atoms with Gasteiger partial charge in [0, 0.05) is 12.8 Å². The number of aliphatic hydroxyl groups is 3. The monoisotopic (exact) mass is 584 g/mol. The zero-order valence-electron chi connectivity index (χ0n) is 23.2. The minimum Gasteiger partial charge on any atom is -0.462 e. The highest BCUT2D eigenvalue weighted by Gasteiger charge is 2.46. The molecule has 0 spiro atoms. The summed E-state index contributed by atoms with van der Waals surface area (Å²) in [5.41, 5.74) is 0. The van der Waals surface area contributed by atoms with Crippen LogP contribution in [0, 0.1) is 0 Å². The summed E-state index contributed by atoms with van der Waals surface area (Å²) in [7, 11) is -4.57. The molecule has 0 unspecified atom stereocenters. The maximum Gasteiger partial charge on any atom is 0.306 e. The Morgan fingerprint density at radius 3 is 1.92 bits per heavy atom. The molecule has 0 saturated carbocycles. The summed E-state index contributed by atoms with van der Waals surface area (Å²) < 4.78 is 52.9. The minimum absolute atomic E-state index is 0.153. The van der Waals surface area contributed by atoms with Crippen molar-refractivity contribution in [2.24, 2.45) is 0 Å². The molecule has 1 rings (SSSR count). The van der Waals surface area contributed by atoms with Gasteiger partial charge in [-0.05, 0) is 12.8 Å². The van der Waals surface area contributed by atoms with Crippen LogP contribution in [-0.2, 0) is 38.7 Å². The molecule has 4 N–H and O–H groups in total. The molecule has 1 aliphatic heterocycles. The average molecular weight is 585 g/mol. The largest absolute Gasteiger partial charge is 0.462 e. The van der Waals surface area contributed by atoms with E-state index in [9.17, 15) is 33.3 Å². The lowest BCUT2D eigenvalue weighted by atomic mass is 10.00. The van der Waals surface area contributed by atoms with Gasteiger partial charge in [0.2, 0.25) is 0 Å². The SMILES string of the molecule is CCCCCCCCCCC(=O)OC[C@H](CO[C@@H]1O[C@H](CS(=O)(=O)O)[C@@H](O)[C@H](O)[C@H]1O)OC(=O)CCCCC. The van der Waals surface area contributed by atoms with Gasteiger partial charge in [-0.3, -0.25) is 14.1 Å². The van der Waals surface area contributed by atoms with Crippen molar-refractivity contribution in [2.45, 2.75) is 134 Å². The van der Waals surface area contributed by atoms with Crippen LogP contribution >= 0.6 is 0 Å². The van der Waals surface area contributed by atoms with Gasteiger partial charge in [0.1, 0.15) is 36.8 Å². The highest BCUT2D eigenvalue weighted by Crippen LogP contribution is 2.23. The first-order chi connectivity index (χ1) is 18.5. The molecule has 13 heteroatoms. The molecule has 0 aliphatic carbocycles. The smallest absolute Gasteiger partial charge is 0.306 e. The Hall–Kier alpha value is -1.35. The predicted octanol–water partition coefficient (Wildman–Crippen LogP) is 2.26. The second kappa shape index (κ2) is 19.7. The molecule has 230 valence electrons.